The molecule has 0 aliphatic heterocycles. The summed E-state index contributed by atoms with van der Waals surface area (Å²) in [7, 11) is 1.68. The first-order valence-electron chi connectivity index (χ1n) is 7.64. The van der Waals surface area contributed by atoms with Crippen LogP contribution >= 0.6 is 23.2 Å². The van der Waals surface area contributed by atoms with Gasteiger partial charge < -0.3 is 16.0 Å². The Kier molecular flexibility index (Phi) is 8.81. The van der Waals surface area contributed by atoms with Gasteiger partial charge in [0, 0.05) is 42.6 Å². The van der Waals surface area contributed by atoms with Crippen LogP contribution in [0.4, 0.5) is 0 Å². The SMILES string of the molecule is CCC(C)NC(=O)CCNC(=NC)NCc1ccc(Cl)cc1Cl. The van der Waals surface area contributed by atoms with Crippen molar-refractivity contribution in [2.45, 2.75) is 39.3 Å². The molecule has 1 rings (SSSR count). The van der Waals surface area contributed by atoms with Crippen molar-refractivity contribution in [1.82, 2.24) is 16.0 Å². The Morgan fingerprint density at radius 3 is 2.65 bits per heavy atom. The van der Waals surface area contributed by atoms with E-state index in [0.29, 0.717) is 35.5 Å². The average Bonchev–Trinajstić information content (AvgIpc) is 2.51. The summed E-state index contributed by atoms with van der Waals surface area (Å²) in [6, 6.07) is 5.56. The molecular formula is C16H24Cl2N4O. The van der Waals surface area contributed by atoms with Gasteiger partial charge in [-0.2, -0.15) is 0 Å². The number of nitrogens with one attached hydrogen (secondary N) is 3. The lowest BCUT2D eigenvalue weighted by molar-refractivity contribution is -0.121. The number of carbonyl (C=O) groups is 1. The van der Waals surface area contributed by atoms with Gasteiger partial charge in [-0.05, 0) is 31.0 Å². The number of aliphatic imine (C=N–C) groups is 1. The van der Waals surface area contributed by atoms with Gasteiger partial charge >= 0.3 is 0 Å². The van der Waals surface area contributed by atoms with Crippen molar-refractivity contribution >= 4 is 35.1 Å². The second-order valence-corrected chi connectivity index (χ2v) is 6.06. The van der Waals surface area contributed by atoms with Gasteiger partial charge in [0.15, 0.2) is 5.96 Å². The Hall–Kier alpha value is -1.46. The highest BCUT2D eigenvalue weighted by molar-refractivity contribution is 6.35. The first-order chi connectivity index (χ1) is 11.0. The standard InChI is InChI=1S/C16H24Cl2N4O/c1-4-11(2)22-15(23)7-8-20-16(19-3)21-10-12-5-6-13(17)9-14(12)18/h5-6,9,11H,4,7-8,10H2,1-3H3,(H,22,23)(H2,19,20,21). The molecule has 128 valence electrons. The molecule has 1 amide bonds. The van der Waals surface area contributed by atoms with Gasteiger partial charge in [-0.25, -0.2) is 0 Å². The van der Waals surface area contributed by atoms with E-state index in [0.717, 1.165) is 12.0 Å². The topological polar surface area (TPSA) is 65.5 Å². The Bertz CT molecular complexity index is 549. The van der Waals surface area contributed by atoms with E-state index in [1.54, 1.807) is 19.2 Å². The Morgan fingerprint density at radius 1 is 1.30 bits per heavy atom. The number of rotatable bonds is 7. The van der Waals surface area contributed by atoms with Gasteiger partial charge in [0.05, 0.1) is 0 Å². The maximum Gasteiger partial charge on any atom is 0.221 e. The van der Waals surface area contributed by atoms with E-state index in [2.05, 4.69) is 20.9 Å². The van der Waals surface area contributed by atoms with E-state index < -0.39 is 0 Å². The largest absolute Gasteiger partial charge is 0.356 e. The van der Waals surface area contributed by atoms with Crippen molar-refractivity contribution in [3.63, 3.8) is 0 Å². The Morgan fingerprint density at radius 2 is 2.04 bits per heavy atom. The van der Waals surface area contributed by atoms with Crippen LogP contribution in [0.2, 0.25) is 10.0 Å². The predicted octanol–water partition coefficient (Wildman–Crippen LogP) is 2.96. The fourth-order valence-electron chi connectivity index (χ4n) is 1.81. The molecule has 0 bridgehead atoms. The number of guanidine groups is 1. The Balaban J connectivity index is 2.36. The number of amides is 1. The van der Waals surface area contributed by atoms with E-state index >= 15 is 0 Å². The molecule has 0 heterocycles. The monoisotopic (exact) mass is 358 g/mol. The van der Waals surface area contributed by atoms with Crippen LogP contribution in [0.15, 0.2) is 23.2 Å². The summed E-state index contributed by atoms with van der Waals surface area (Å²) in [5.41, 5.74) is 0.925. The van der Waals surface area contributed by atoms with Crippen molar-refractivity contribution in [3.8, 4) is 0 Å². The summed E-state index contributed by atoms with van der Waals surface area (Å²) in [6.07, 6.45) is 1.32. The highest BCUT2D eigenvalue weighted by Gasteiger charge is 2.06. The lowest BCUT2D eigenvalue weighted by atomic mass is 10.2. The average molecular weight is 359 g/mol. The summed E-state index contributed by atoms with van der Waals surface area (Å²) in [6.45, 7) is 5.06. The number of hydrogen-bond acceptors (Lipinski definition) is 2. The van der Waals surface area contributed by atoms with E-state index in [1.165, 1.54) is 0 Å². The normalized spacial score (nSPS) is 12.7. The molecule has 5 nitrogen and oxygen atoms in total. The number of benzene rings is 1. The van der Waals surface area contributed by atoms with Gasteiger partial charge in [0.2, 0.25) is 5.91 Å². The smallest absolute Gasteiger partial charge is 0.221 e. The minimum atomic E-state index is 0.0306. The molecule has 0 aliphatic rings. The quantitative estimate of drug-likeness (QED) is 0.518. The molecule has 0 fully saturated rings. The molecule has 1 aromatic rings. The molecule has 0 aliphatic carbocycles. The molecule has 3 N–H and O–H groups in total. The second kappa shape index (κ2) is 10.3. The highest BCUT2D eigenvalue weighted by Crippen LogP contribution is 2.20. The van der Waals surface area contributed by atoms with Gasteiger partial charge in [-0.1, -0.05) is 36.2 Å². The van der Waals surface area contributed by atoms with Crippen molar-refractivity contribution in [2.24, 2.45) is 4.99 Å². The Labute approximate surface area is 147 Å². The zero-order chi connectivity index (χ0) is 17.2. The molecule has 23 heavy (non-hydrogen) atoms. The molecule has 0 saturated heterocycles. The van der Waals surface area contributed by atoms with Crippen molar-refractivity contribution in [2.75, 3.05) is 13.6 Å². The number of carbonyl (C=O) groups excluding carboxylic acids is 1. The van der Waals surface area contributed by atoms with Crippen LogP contribution in [0.1, 0.15) is 32.3 Å². The van der Waals surface area contributed by atoms with E-state index in [-0.39, 0.29) is 11.9 Å². The predicted molar refractivity (Wildman–Crippen MR) is 97.2 cm³/mol. The van der Waals surface area contributed by atoms with Gasteiger partial charge in [0.1, 0.15) is 0 Å². The maximum absolute atomic E-state index is 11.7. The van der Waals surface area contributed by atoms with Crippen LogP contribution in [0, 0.1) is 0 Å². The van der Waals surface area contributed by atoms with Crippen LogP contribution in [0.3, 0.4) is 0 Å². The van der Waals surface area contributed by atoms with Crippen LogP contribution in [-0.2, 0) is 11.3 Å². The van der Waals surface area contributed by atoms with Crippen molar-refractivity contribution in [1.29, 1.82) is 0 Å². The molecule has 0 radical (unpaired) electrons. The molecule has 1 aromatic carbocycles. The molecule has 0 aromatic heterocycles. The highest BCUT2D eigenvalue weighted by atomic mass is 35.5. The number of halogens is 2. The third-order valence-electron chi connectivity index (χ3n) is 3.35. The summed E-state index contributed by atoms with van der Waals surface area (Å²) < 4.78 is 0. The summed E-state index contributed by atoms with van der Waals surface area (Å²) in [5, 5.41) is 10.4. The van der Waals surface area contributed by atoms with Crippen LogP contribution in [0.25, 0.3) is 0 Å². The number of nitrogens with zero attached hydrogens (tertiary/aromatic N) is 1. The zero-order valence-electron chi connectivity index (χ0n) is 13.7. The molecule has 1 unspecified atom stereocenters. The van der Waals surface area contributed by atoms with Crippen molar-refractivity contribution < 1.29 is 4.79 Å². The fourth-order valence-corrected chi connectivity index (χ4v) is 2.28. The third kappa shape index (κ3) is 7.57. The van der Waals surface area contributed by atoms with Crippen molar-refractivity contribution in [3.05, 3.63) is 33.8 Å². The molecule has 7 heteroatoms. The van der Waals surface area contributed by atoms with Gasteiger partial charge in [0.25, 0.3) is 0 Å². The van der Waals surface area contributed by atoms with Crippen LogP contribution in [-0.4, -0.2) is 31.5 Å². The minimum Gasteiger partial charge on any atom is -0.356 e. The lowest BCUT2D eigenvalue weighted by Crippen LogP contribution is -2.40. The summed E-state index contributed by atoms with van der Waals surface area (Å²) >= 11 is 12.0. The second-order valence-electron chi connectivity index (χ2n) is 5.22. The maximum atomic E-state index is 11.7. The number of hydrogen-bond donors (Lipinski definition) is 3. The molecular weight excluding hydrogens is 335 g/mol. The first-order valence-corrected chi connectivity index (χ1v) is 8.39. The van der Waals surface area contributed by atoms with Crippen LogP contribution < -0.4 is 16.0 Å². The van der Waals surface area contributed by atoms with Gasteiger partial charge in [-0.3, -0.25) is 9.79 Å². The van der Waals surface area contributed by atoms with E-state index in [4.69, 9.17) is 23.2 Å². The molecule has 0 saturated carbocycles. The van der Waals surface area contributed by atoms with E-state index in [1.807, 2.05) is 19.9 Å². The molecule has 1 atom stereocenters. The molecule has 0 spiro atoms. The zero-order valence-corrected chi connectivity index (χ0v) is 15.3. The first kappa shape index (κ1) is 19.6. The lowest BCUT2D eigenvalue weighted by Gasteiger charge is -2.14. The minimum absolute atomic E-state index is 0.0306. The van der Waals surface area contributed by atoms with Crippen LogP contribution in [0.5, 0.6) is 0 Å². The van der Waals surface area contributed by atoms with Gasteiger partial charge in [-0.15, -0.1) is 0 Å². The summed E-state index contributed by atoms with van der Waals surface area (Å²) in [5.74, 6) is 0.649. The van der Waals surface area contributed by atoms with E-state index in [9.17, 15) is 4.79 Å². The summed E-state index contributed by atoms with van der Waals surface area (Å²) in [4.78, 5) is 15.8. The fraction of sp³-hybridized carbons (Fsp3) is 0.500. The third-order valence-corrected chi connectivity index (χ3v) is 3.94.